The first kappa shape index (κ1) is 23.4. The van der Waals surface area contributed by atoms with Crippen molar-refractivity contribution in [2.24, 2.45) is 0 Å². The lowest BCUT2D eigenvalue weighted by molar-refractivity contribution is 0.0553. The maximum atomic E-state index is 10.5. The van der Waals surface area contributed by atoms with Crippen molar-refractivity contribution in [3.05, 3.63) is 48.0 Å². The highest BCUT2D eigenvalue weighted by molar-refractivity contribution is 5.43. The van der Waals surface area contributed by atoms with Gasteiger partial charge in [-0.25, -0.2) is 0 Å². The van der Waals surface area contributed by atoms with Crippen molar-refractivity contribution in [1.82, 2.24) is 19.8 Å². The normalized spacial score (nSPS) is 15.9. The van der Waals surface area contributed by atoms with Crippen molar-refractivity contribution in [3.63, 3.8) is 0 Å². The van der Waals surface area contributed by atoms with Crippen LogP contribution in [0.3, 0.4) is 0 Å². The highest BCUT2D eigenvalue weighted by atomic mass is 16.5. The summed E-state index contributed by atoms with van der Waals surface area (Å²) in [7, 11) is 5.79. The van der Waals surface area contributed by atoms with Crippen LogP contribution >= 0.6 is 0 Å². The molecular formula is C24H36N4O3. The fourth-order valence-electron chi connectivity index (χ4n) is 4.23. The fraction of sp³-hybridized carbons (Fsp3) is 0.583. The SMILES string of the molecule is COc1cc(CN(C)Cc2cnccn2)ccc1OC[C@H](O)CN(C)C1CCCCC1. The van der Waals surface area contributed by atoms with Crippen LogP contribution in [0.1, 0.15) is 43.4 Å². The van der Waals surface area contributed by atoms with E-state index in [9.17, 15) is 5.11 Å². The average Bonchev–Trinajstić information content (AvgIpc) is 2.79. The van der Waals surface area contributed by atoms with E-state index in [0.717, 1.165) is 24.3 Å². The molecule has 31 heavy (non-hydrogen) atoms. The molecular weight excluding hydrogens is 392 g/mol. The maximum absolute atomic E-state index is 10.5. The number of rotatable bonds is 11. The standard InChI is InChI=1S/C24H36N4O3/c1-27(16-20-14-25-11-12-26-20)15-19-9-10-23(24(13-19)30-3)31-18-22(29)17-28(2)21-7-5-4-6-8-21/h9-14,21-22,29H,4-8,15-18H2,1-3H3/t22-/m1/s1. The number of benzene rings is 1. The van der Waals surface area contributed by atoms with Crippen molar-refractivity contribution in [2.45, 2.75) is 57.3 Å². The molecule has 0 saturated heterocycles. The average molecular weight is 429 g/mol. The zero-order chi connectivity index (χ0) is 22.1. The Morgan fingerprint density at radius 2 is 1.90 bits per heavy atom. The van der Waals surface area contributed by atoms with Gasteiger partial charge in [-0.3, -0.25) is 14.9 Å². The van der Waals surface area contributed by atoms with Crippen LogP contribution in [0.5, 0.6) is 11.5 Å². The first-order valence-electron chi connectivity index (χ1n) is 11.2. The molecule has 1 heterocycles. The molecule has 7 heteroatoms. The highest BCUT2D eigenvalue weighted by Gasteiger charge is 2.20. The van der Waals surface area contributed by atoms with Crippen molar-refractivity contribution < 1.29 is 14.6 Å². The molecule has 7 nitrogen and oxygen atoms in total. The van der Waals surface area contributed by atoms with Crippen LogP contribution in [0.4, 0.5) is 0 Å². The molecule has 0 unspecified atom stereocenters. The molecule has 3 rings (SSSR count). The fourth-order valence-corrected chi connectivity index (χ4v) is 4.23. The lowest BCUT2D eigenvalue weighted by Crippen LogP contribution is -2.40. The minimum Gasteiger partial charge on any atom is -0.493 e. The highest BCUT2D eigenvalue weighted by Crippen LogP contribution is 2.29. The van der Waals surface area contributed by atoms with Gasteiger partial charge < -0.3 is 19.5 Å². The van der Waals surface area contributed by atoms with Gasteiger partial charge in [0.15, 0.2) is 11.5 Å². The van der Waals surface area contributed by atoms with E-state index in [1.807, 2.05) is 25.2 Å². The Morgan fingerprint density at radius 3 is 2.61 bits per heavy atom. The summed E-state index contributed by atoms with van der Waals surface area (Å²) in [6, 6.07) is 6.52. The summed E-state index contributed by atoms with van der Waals surface area (Å²) in [6.07, 6.45) is 11.0. The van der Waals surface area contributed by atoms with Gasteiger partial charge >= 0.3 is 0 Å². The largest absolute Gasteiger partial charge is 0.493 e. The predicted octanol–water partition coefficient (Wildman–Crippen LogP) is 3.12. The van der Waals surface area contributed by atoms with Crippen molar-refractivity contribution in [1.29, 1.82) is 0 Å². The van der Waals surface area contributed by atoms with E-state index in [1.165, 1.54) is 32.1 Å². The zero-order valence-electron chi connectivity index (χ0n) is 19.0. The van der Waals surface area contributed by atoms with E-state index in [2.05, 4.69) is 26.8 Å². The first-order chi connectivity index (χ1) is 15.0. The number of methoxy groups -OCH3 is 1. The Hall–Kier alpha value is -2.22. The number of aromatic nitrogens is 2. The first-order valence-corrected chi connectivity index (χ1v) is 11.2. The van der Waals surface area contributed by atoms with Crippen LogP contribution in [-0.4, -0.2) is 71.4 Å². The molecule has 1 N–H and O–H groups in total. The van der Waals surface area contributed by atoms with Crippen LogP contribution in [0.15, 0.2) is 36.8 Å². The lowest BCUT2D eigenvalue weighted by atomic mass is 9.94. The molecule has 0 aliphatic heterocycles. The summed E-state index contributed by atoms with van der Waals surface area (Å²) in [6.45, 7) is 2.34. The molecule has 1 saturated carbocycles. The molecule has 2 aromatic rings. The van der Waals surface area contributed by atoms with Gasteiger partial charge in [0.1, 0.15) is 12.7 Å². The molecule has 1 aliphatic rings. The van der Waals surface area contributed by atoms with Gasteiger partial charge in [0.25, 0.3) is 0 Å². The second-order valence-electron chi connectivity index (χ2n) is 8.55. The third kappa shape index (κ3) is 7.45. The molecule has 0 amide bonds. The van der Waals surface area contributed by atoms with Crippen LogP contribution in [-0.2, 0) is 13.1 Å². The van der Waals surface area contributed by atoms with E-state index in [-0.39, 0.29) is 6.61 Å². The van der Waals surface area contributed by atoms with E-state index < -0.39 is 6.10 Å². The number of nitrogens with zero attached hydrogens (tertiary/aromatic N) is 4. The van der Waals surface area contributed by atoms with Crippen LogP contribution in [0.2, 0.25) is 0 Å². The molecule has 170 valence electrons. The molecule has 0 spiro atoms. The Balaban J connectivity index is 1.49. The summed E-state index contributed by atoms with van der Waals surface area (Å²) >= 11 is 0. The third-order valence-electron chi connectivity index (χ3n) is 5.86. The van der Waals surface area contributed by atoms with E-state index >= 15 is 0 Å². The smallest absolute Gasteiger partial charge is 0.161 e. The minimum atomic E-state index is -0.533. The zero-order valence-corrected chi connectivity index (χ0v) is 19.0. The molecule has 1 aromatic heterocycles. The molecule has 1 aromatic carbocycles. The Kier molecular flexibility index (Phi) is 9.06. The number of likely N-dealkylation sites (N-methyl/N-ethyl adjacent to an activating group) is 1. The van der Waals surface area contributed by atoms with Gasteiger partial charge in [0.05, 0.1) is 12.8 Å². The second-order valence-corrected chi connectivity index (χ2v) is 8.55. The van der Waals surface area contributed by atoms with Crippen LogP contribution in [0.25, 0.3) is 0 Å². The summed E-state index contributed by atoms with van der Waals surface area (Å²) in [5.41, 5.74) is 2.05. The Morgan fingerprint density at radius 1 is 1.10 bits per heavy atom. The number of ether oxygens (including phenoxy) is 2. The van der Waals surface area contributed by atoms with Crippen LogP contribution in [0, 0.1) is 0 Å². The Labute approximate surface area is 186 Å². The topological polar surface area (TPSA) is 71.0 Å². The summed E-state index contributed by atoms with van der Waals surface area (Å²) < 4.78 is 11.4. The predicted molar refractivity (Wildman–Crippen MR) is 121 cm³/mol. The van der Waals surface area contributed by atoms with Gasteiger partial charge in [-0.1, -0.05) is 25.3 Å². The molecule has 0 radical (unpaired) electrons. The van der Waals surface area contributed by atoms with Gasteiger partial charge in [-0.05, 0) is 44.6 Å². The third-order valence-corrected chi connectivity index (χ3v) is 5.86. The van der Waals surface area contributed by atoms with Gasteiger partial charge in [0, 0.05) is 44.3 Å². The number of aliphatic hydroxyl groups excluding tert-OH is 1. The van der Waals surface area contributed by atoms with Crippen molar-refractivity contribution >= 4 is 0 Å². The maximum Gasteiger partial charge on any atom is 0.161 e. The molecule has 1 aliphatic carbocycles. The van der Waals surface area contributed by atoms with E-state index in [1.54, 1.807) is 25.7 Å². The van der Waals surface area contributed by atoms with E-state index in [4.69, 9.17) is 9.47 Å². The van der Waals surface area contributed by atoms with E-state index in [0.29, 0.717) is 24.1 Å². The molecule has 1 fully saturated rings. The number of aliphatic hydroxyl groups is 1. The molecule has 1 atom stereocenters. The monoisotopic (exact) mass is 428 g/mol. The number of hydrogen-bond acceptors (Lipinski definition) is 7. The minimum absolute atomic E-state index is 0.249. The van der Waals surface area contributed by atoms with Gasteiger partial charge in [0.2, 0.25) is 0 Å². The number of hydrogen-bond donors (Lipinski definition) is 1. The van der Waals surface area contributed by atoms with Crippen molar-refractivity contribution in [3.8, 4) is 11.5 Å². The van der Waals surface area contributed by atoms with Crippen molar-refractivity contribution in [2.75, 3.05) is 34.4 Å². The molecule has 0 bridgehead atoms. The van der Waals surface area contributed by atoms with Crippen LogP contribution < -0.4 is 9.47 Å². The summed E-state index contributed by atoms with van der Waals surface area (Å²) in [5.74, 6) is 1.33. The van der Waals surface area contributed by atoms with Gasteiger partial charge in [-0.15, -0.1) is 0 Å². The quantitative estimate of drug-likeness (QED) is 0.590. The Bertz CT molecular complexity index is 784. The second kappa shape index (κ2) is 12.0. The summed E-state index contributed by atoms with van der Waals surface area (Å²) in [4.78, 5) is 12.9. The summed E-state index contributed by atoms with van der Waals surface area (Å²) in [5, 5.41) is 10.5. The van der Waals surface area contributed by atoms with Gasteiger partial charge in [-0.2, -0.15) is 0 Å². The lowest BCUT2D eigenvalue weighted by Gasteiger charge is -2.32.